The summed E-state index contributed by atoms with van der Waals surface area (Å²) in [4.78, 5) is 4.71. The normalized spacial score (nSPS) is 11.5. The first-order valence-corrected chi connectivity index (χ1v) is 8.43. The second-order valence-electron chi connectivity index (χ2n) is 4.59. The van der Waals surface area contributed by atoms with Gasteiger partial charge in [-0.1, -0.05) is 30.4 Å². The highest BCUT2D eigenvalue weighted by Gasteiger charge is 2.09. The zero-order valence-corrected chi connectivity index (χ0v) is 12.9. The van der Waals surface area contributed by atoms with Gasteiger partial charge in [0.1, 0.15) is 10.8 Å². The third kappa shape index (κ3) is 4.35. The summed E-state index contributed by atoms with van der Waals surface area (Å²) in [6.07, 6.45) is 0.379. The van der Waals surface area contributed by atoms with Gasteiger partial charge in [-0.15, -0.1) is 0 Å². The minimum absolute atomic E-state index is 0.0873. The van der Waals surface area contributed by atoms with Crippen molar-refractivity contribution in [1.82, 2.24) is 4.98 Å². The number of hydrogen-bond donors (Lipinski definition) is 3. The SMILES string of the molecule is NC(=S)c1cc2ccccc2nc1NCCCS(N)(=O)=O. The second kappa shape index (κ2) is 6.33. The maximum Gasteiger partial charge on any atom is 0.209 e. The summed E-state index contributed by atoms with van der Waals surface area (Å²) in [6.45, 7) is 0.414. The minimum atomic E-state index is -3.45. The molecule has 0 unspecified atom stereocenters. The summed E-state index contributed by atoms with van der Waals surface area (Å²) in [7, 11) is -3.45. The molecule has 1 aromatic heterocycles. The van der Waals surface area contributed by atoms with Crippen molar-refractivity contribution in [2.75, 3.05) is 17.6 Å². The molecule has 0 fully saturated rings. The Labute approximate surface area is 128 Å². The average molecular weight is 324 g/mol. The van der Waals surface area contributed by atoms with E-state index in [9.17, 15) is 8.42 Å². The van der Waals surface area contributed by atoms with Crippen molar-refractivity contribution in [1.29, 1.82) is 0 Å². The summed E-state index contributed by atoms with van der Waals surface area (Å²) >= 11 is 5.03. The van der Waals surface area contributed by atoms with Gasteiger partial charge < -0.3 is 11.1 Å². The van der Waals surface area contributed by atoms with Crippen molar-refractivity contribution in [3.8, 4) is 0 Å². The van der Waals surface area contributed by atoms with Crippen LogP contribution in [0.4, 0.5) is 5.82 Å². The van der Waals surface area contributed by atoms with Crippen LogP contribution in [0.5, 0.6) is 0 Å². The summed E-state index contributed by atoms with van der Waals surface area (Å²) < 4.78 is 21.8. The lowest BCUT2D eigenvalue weighted by Crippen LogP contribution is -2.20. The number of nitrogens with one attached hydrogen (secondary N) is 1. The van der Waals surface area contributed by atoms with Gasteiger partial charge in [0.05, 0.1) is 16.8 Å². The predicted molar refractivity (Wildman–Crippen MR) is 88.7 cm³/mol. The first kappa shape index (κ1) is 15.6. The number of sulfonamides is 1. The third-order valence-electron chi connectivity index (χ3n) is 2.89. The maximum absolute atomic E-state index is 10.9. The molecule has 0 saturated heterocycles. The van der Waals surface area contributed by atoms with Crippen LogP contribution >= 0.6 is 12.2 Å². The van der Waals surface area contributed by atoms with E-state index in [1.807, 2.05) is 30.3 Å². The highest BCUT2D eigenvalue weighted by Crippen LogP contribution is 2.20. The van der Waals surface area contributed by atoms with Crippen LogP contribution in [0.15, 0.2) is 30.3 Å². The van der Waals surface area contributed by atoms with Gasteiger partial charge in [-0.2, -0.15) is 0 Å². The van der Waals surface area contributed by atoms with Gasteiger partial charge in [-0.3, -0.25) is 0 Å². The molecule has 6 nitrogen and oxygen atoms in total. The maximum atomic E-state index is 10.9. The first-order valence-electron chi connectivity index (χ1n) is 6.31. The molecular formula is C13H16N4O2S2. The van der Waals surface area contributed by atoms with Gasteiger partial charge >= 0.3 is 0 Å². The van der Waals surface area contributed by atoms with Crippen LogP contribution in [0.25, 0.3) is 10.9 Å². The largest absolute Gasteiger partial charge is 0.389 e. The Balaban J connectivity index is 2.21. The van der Waals surface area contributed by atoms with Crippen LogP contribution in [0, 0.1) is 0 Å². The van der Waals surface area contributed by atoms with E-state index in [4.69, 9.17) is 23.1 Å². The average Bonchev–Trinajstić information content (AvgIpc) is 2.41. The molecule has 5 N–H and O–H groups in total. The first-order chi connectivity index (χ1) is 9.87. The molecular weight excluding hydrogens is 308 g/mol. The Kier molecular flexibility index (Phi) is 4.71. The van der Waals surface area contributed by atoms with E-state index < -0.39 is 10.0 Å². The molecule has 0 atom stereocenters. The summed E-state index contributed by atoms with van der Waals surface area (Å²) in [5, 5.41) is 8.96. The minimum Gasteiger partial charge on any atom is -0.389 e. The highest BCUT2D eigenvalue weighted by molar-refractivity contribution is 7.89. The lowest BCUT2D eigenvalue weighted by atomic mass is 10.1. The van der Waals surface area contributed by atoms with Crippen LogP contribution in [-0.4, -0.2) is 30.7 Å². The Bertz CT molecular complexity index is 775. The van der Waals surface area contributed by atoms with Gasteiger partial charge in [0.15, 0.2) is 0 Å². The standard InChI is InChI=1S/C13H16N4O2S2/c14-12(20)10-8-9-4-1-2-5-11(9)17-13(10)16-6-3-7-21(15,18)19/h1-2,4-5,8H,3,6-7H2,(H2,14,20)(H,16,17)(H2,15,18,19). The van der Waals surface area contributed by atoms with Crippen LogP contribution in [0.1, 0.15) is 12.0 Å². The molecule has 0 aliphatic carbocycles. The van der Waals surface area contributed by atoms with Crippen molar-refractivity contribution in [2.24, 2.45) is 10.9 Å². The van der Waals surface area contributed by atoms with Crippen LogP contribution in [-0.2, 0) is 10.0 Å². The fourth-order valence-electron chi connectivity index (χ4n) is 1.92. The Morgan fingerprint density at radius 3 is 2.71 bits per heavy atom. The smallest absolute Gasteiger partial charge is 0.209 e. The number of para-hydroxylation sites is 1. The number of rotatable bonds is 6. The molecule has 21 heavy (non-hydrogen) atoms. The number of aromatic nitrogens is 1. The number of pyridine rings is 1. The molecule has 0 bridgehead atoms. The van der Waals surface area contributed by atoms with Crippen LogP contribution < -0.4 is 16.2 Å². The summed E-state index contributed by atoms with van der Waals surface area (Å²) in [5.41, 5.74) is 7.16. The number of benzene rings is 1. The molecule has 1 aromatic carbocycles. The number of hydrogen-bond acceptors (Lipinski definition) is 5. The van der Waals surface area contributed by atoms with Crippen molar-refractivity contribution < 1.29 is 8.42 Å². The van der Waals surface area contributed by atoms with Crippen LogP contribution in [0.3, 0.4) is 0 Å². The fourth-order valence-corrected chi connectivity index (χ4v) is 2.62. The van der Waals surface area contributed by atoms with Gasteiger partial charge in [-0.05, 0) is 18.6 Å². The van der Waals surface area contributed by atoms with Gasteiger partial charge in [0.2, 0.25) is 10.0 Å². The van der Waals surface area contributed by atoms with Crippen molar-refractivity contribution in [3.63, 3.8) is 0 Å². The number of nitrogens with two attached hydrogens (primary N) is 2. The zero-order chi connectivity index (χ0) is 15.5. The van der Waals surface area contributed by atoms with E-state index >= 15 is 0 Å². The molecule has 1 heterocycles. The van der Waals surface area contributed by atoms with Crippen molar-refractivity contribution >= 4 is 44.0 Å². The molecule has 0 spiro atoms. The Morgan fingerprint density at radius 2 is 2.05 bits per heavy atom. The lowest BCUT2D eigenvalue weighted by Gasteiger charge is -2.11. The summed E-state index contributed by atoms with van der Waals surface area (Å²) in [5.74, 6) is 0.464. The number of anilines is 1. The molecule has 2 rings (SSSR count). The van der Waals surface area contributed by atoms with Gasteiger partial charge in [0, 0.05) is 11.9 Å². The quantitative estimate of drug-likeness (QED) is 0.539. The highest BCUT2D eigenvalue weighted by atomic mass is 32.2. The van der Waals surface area contributed by atoms with E-state index in [2.05, 4.69) is 10.3 Å². The number of fused-ring (bicyclic) bond motifs is 1. The molecule has 0 amide bonds. The number of thiocarbonyl (C=S) groups is 1. The van der Waals surface area contributed by atoms with E-state index in [0.29, 0.717) is 24.3 Å². The van der Waals surface area contributed by atoms with Crippen LogP contribution in [0.2, 0.25) is 0 Å². The van der Waals surface area contributed by atoms with Gasteiger partial charge in [0.25, 0.3) is 0 Å². The van der Waals surface area contributed by atoms with E-state index in [1.54, 1.807) is 0 Å². The molecule has 0 saturated carbocycles. The second-order valence-corrected chi connectivity index (χ2v) is 6.76. The predicted octanol–water partition coefficient (Wildman–Crippen LogP) is 0.960. The molecule has 2 aromatic rings. The molecule has 112 valence electrons. The molecule has 0 radical (unpaired) electrons. The lowest BCUT2D eigenvalue weighted by molar-refractivity contribution is 0.595. The third-order valence-corrected chi connectivity index (χ3v) is 3.97. The van der Waals surface area contributed by atoms with E-state index in [-0.39, 0.29) is 10.7 Å². The molecule has 0 aliphatic heterocycles. The Morgan fingerprint density at radius 1 is 1.33 bits per heavy atom. The number of nitrogens with zero attached hydrogens (tertiary/aromatic N) is 1. The van der Waals surface area contributed by atoms with E-state index in [0.717, 1.165) is 10.9 Å². The molecule has 8 heteroatoms. The van der Waals surface area contributed by atoms with Crippen molar-refractivity contribution in [3.05, 3.63) is 35.9 Å². The van der Waals surface area contributed by atoms with Gasteiger partial charge in [-0.25, -0.2) is 18.5 Å². The van der Waals surface area contributed by atoms with Crippen molar-refractivity contribution in [2.45, 2.75) is 6.42 Å². The number of primary sulfonamides is 1. The topological polar surface area (TPSA) is 111 Å². The fraction of sp³-hybridized carbons (Fsp3) is 0.231. The molecule has 0 aliphatic rings. The van der Waals surface area contributed by atoms with E-state index in [1.165, 1.54) is 0 Å². The summed E-state index contributed by atoms with van der Waals surface area (Å²) in [6, 6.07) is 9.48. The monoisotopic (exact) mass is 324 g/mol. The zero-order valence-electron chi connectivity index (χ0n) is 11.2. The Hall–Kier alpha value is -1.77.